The van der Waals surface area contributed by atoms with E-state index in [1.807, 2.05) is 45.0 Å². The molecular weight excluding hydrogens is 613 g/mol. The fourth-order valence-corrected chi connectivity index (χ4v) is 7.24. The Balaban J connectivity index is 1.43. The number of benzene rings is 2. The number of ketones is 1. The Morgan fingerprint density at radius 2 is 1.89 bits per heavy atom. The number of allylic oxidation sites excluding steroid dienone is 3. The van der Waals surface area contributed by atoms with Crippen molar-refractivity contribution in [1.82, 2.24) is 10.2 Å². The highest BCUT2D eigenvalue weighted by molar-refractivity contribution is 8.01. The van der Waals surface area contributed by atoms with Crippen molar-refractivity contribution in [3.05, 3.63) is 70.7 Å². The van der Waals surface area contributed by atoms with Crippen LogP contribution in [0.25, 0.3) is 0 Å². The normalized spacial score (nSPS) is 17.5. The number of hydrogen-bond acceptors (Lipinski definition) is 12. The van der Waals surface area contributed by atoms with Crippen molar-refractivity contribution < 1.29 is 23.8 Å². The summed E-state index contributed by atoms with van der Waals surface area (Å²) in [5.41, 5.74) is 9.20. The summed E-state index contributed by atoms with van der Waals surface area (Å²) < 4.78 is 16.7. The predicted octanol–water partition coefficient (Wildman–Crippen LogP) is 5.63. The molecule has 2 aromatic carbocycles. The van der Waals surface area contributed by atoms with E-state index in [2.05, 4.69) is 21.6 Å². The largest absolute Gasteiger partial charge is 0.497 e. The van der Waals surface area contributed by atoms with Gasteiger partial charge in [0.1, 0.15) is 23.1 Å². The highest BCUT2D eigenvalue weighted by atomic mass is 32.2. The van der Waals surface area contributed by atoms with Gasteiger partial charge in [0.25, 0.3) is 0 Å². The molecule has 234 valence electrons. The van der Waals surface area contributed by atoms with Crippen LogP contribution in [0.1, 0.15) is 45.1 Å². The lowest BCUT2D eigenvalue weighted by Crippen LogP contribution is -2.42. The van der Waals surface area contributed by atoms with Gasteiger partial charge in [0, 0.05) is 23.8 Å². The molecule has 3 N–H and O–H groups in total. The maximum Gasteiger partial charge on any atom is 0.234 e. The van der Waals surface area contributed by atoms with Gasteiger partial charge >= 0.3 is 0 Å². The molecule has 3 aromatic rings. The lowest BCUT2D eigenvalue weighted by Gasteiger charge is -2.42. The van der Waals surface area contributed by atoms with Crippen LogP contribution in [0.15, 0.2) is 69.5 Å². The molecule has 0 radical (unpaired) electrons. The number of thioether (sulfide) groups is 1. The number of nitriles is 1. The van der Waals surface area contributed by atoms with E-state index in [-0.39, 0.29) is 34.3 Å². The van der Waals surface area contributed by atoms with Crippen LogP contribution in [0.3, 0.4) is 0 Å². The summed E-state index contributed by atoms with van der Waals surface area (Å²) >= 11 is 2.45. The summed E-state index contributed by atoms with van der Waals surface area (Å²) in [6.45, 7) is 6.51. The number of anilines is 2. The van der Waals surface area contributed by atoms with Crippen LogP contribution in [-0.2, 0) is 9.59 Å². The third-order valence-electron chi connectivity index (χ3n) is 7.50. The number of rotatable bonds is 10. The van der Waals surface area contributed by atoms with Crippen LogP contribution in [-0.4, -0.2) is 48.5 Å². The highest BCUT2D eigenvalue weighted by Gasteiger charge is 2.45. The van der Waals surface area contributed by atoms with Gasteiger partial charge in [-0.15, -0.1) is 10.2 Å². The molecule has 1 amide bonds. The first-order valence-corrected chi connectivity index (χ1v) is 16.1. The minimum atomic E-state index is -0.611. The second-order valence-electron chi connectivity index (χ2n) is 11.2. The number of carbonyl (C=O) groups is 2. The zero-order valence-electron chi connectivity index (χ0n) is 25.7. The molecule has 2 aliphatic rings. The Bertz CT molecular complexity index is 1720. The van der Waals surface area contributed by atoms with Crippen molar-refractivity contribution in [3.63, 3.8) is 0 Å². The topological polar surface area (TPSA) is 153 Å². The van der Waals surface area contributed by atoms with Gasteiger partial charge < -0.3 is 25.3 Å². The number of nitrogens with one attached hydrogen (secondary N) is 1. The first-order chi connectivity index (χ1) is 21.6. The summed E-state index contributed by atoms with van der Waals surface area (Å²) in [5, 5.41) is 22.3. The van der Waals surface area contributed by atoms with Crippen molar-refractivity contribution in [2.75, 3.05) is 36.8 Å². The summed E-state index contributed by atoms with van der Waals surface area (Å²) in [7, 11) is 3.07. The lowest BCUT2D eigenvalue weighted by molar-refractivity contribution is -0.118. The Kier molecular flexibility index (Phi) is 9.36. The molecule has 0 bridgehead atoms. The maximum absolute atomic E-state index is 13.8. The molecular formula is C32H34N6O5S2. The molecule has 0 spiro atoms. The molecule has 11 nitrogen and oxygen atoms in total. The molecule has 1 aliphatic heterocycles. The van der Waals surface area contributed by atoms with Crippen LogP contribution in [0.4, 0.5) is 10.8 Å². The zero-order chi connectivity index (χ0) is 32.3. The van der Waals surface area contributed by atoms with E-state index in [0.717, 1.165) is 5.56 Å². The van der Waals surface area contributed by atoms with E-state index in [0.29, 0.717) is 63.1 Å². The summed E-state index contributed by atoms with van der Waals surface area (Å²) in [6.07, 6.45) is 0.893. The van der Waals surface area contributed by atoms with Crippen LogP contribution < -0.4 is 30.2 Å². The van der Waals surface area contributed by atoms with Gasteiger partial charge in [-0.05, 0) is 48.6 Å². The molecule has 0 fully saturated rings. The fraction of sp³-hybridized carbons (Fsp3) is 0.344. The van der Waals surface area contributed by atoms with Crippen molar-refractivity contribution in [3.8, 4) is 23.3 Å². The van der Waals surface area contributed by atoms with Crippen molar-refractivity contribution in [2.24, 2.45) is 11.1 Å². The number of nitrogens with zero attached hydrogens (tertiary/aromatic N) is 4. The molecule has 1 unspecified atom stereocenters. The highest BCUT2D eigenvalue weighted by Crippen LogP contribution is 2.51. The average molecular weight is 647 g/mol. The number of nitrogens with two attached hydrogens (primary N) is 1. The lowest BCUT2D eigenvalue weighted by atomic mass is 9.68. The first kappa shape index (κ1) is 31.9. The Morgan fingerprint density at radius 1 is 1.16 bits per heavy atom. The Hall–Kier alpha value is -4.54. The number of Topliss-reactive ketones (excluding diaryl/α,β-unsaturated/α-hetero) is 1. The predicted molar refractivity (Wildman–Crippen MR) is 174 cm³/mol. The first-order valence-electron chi connectivity index (χ1n) is 14.3. The summed E-state index contributed by atoms with van der Waals surface area (Å²) in [6, 6.07) is 14.8. The number of amides is 1. The minimum Gasteiger partial charge on any atom is -0.497 e. The van der Waals surface area contributed by atoms with E-state index in [9.17, 15) is 14.9 Å². The van der Waals surface area contributed by atoms with E-state index < -0.39 is 5.92 Å². The Labute approximate surface area is 270 Å². The SMILES string of the molecule is CCOc1ccc(C2C(C#N)=C(N)N(c3nnc(SCC(=O)Nc4cc(OC)ccc4OC)s3)C3=C2C(=O)CC(C)(C)C3)cc1. The van der Waals surface area contributed by atoms with Gasteiger partial charge in [0.05, 0.1) is 49.8 Å². The van der Waals surface area contributed by atoms with E-state index in [1.165, 1.54) is 30.2 Å². The van der Waals surface area contributed by atoms with Crippen LogP contribution in [0.5, 0.6) is 17.2 Å². The van der Waals surface area contributed by atoms with E-state index in [4.69, 9.17) is 19.9 Å². The fourth-order valence-electron chi connectivity index (χ4n) is 5.56. The van der Waals surface area contributed by atoms with Crippen LogP contribution >= 0.6 is 23.1 Å². The second-order valence-corrected chi connectivity index (χ2v) is 13.4. The monoisotopic (exact) mass is 646 g/mol. The van der Waals surface area contributed by atoms with Crippen molar-refractivity contribution in [2.45, 2.75) is 43.9 Å². The minimum absolute atomic E-state index is 0.0332. The number of carbonyl (C=O) groups excluding carboxylic acids is 2. The Morgan fingerprint density at radius 3 is 2.56 bits per heavy atom. The number of methoxy groups -OCH3 is 2. The van der Waals surface area contributed by atoms with E-state index >= 15 is 0 Å². The molecule has 1 aromatic heterocycles. The number of hydrogen-bond donors (Lipinski definition) is 2. The molecule has 5 rings (SSSR count). The van der Waals surface area contributed by atoms with Crippen LogP contribution in [0, 0.1) is 16.7 Å². The number of aromatic nitrogens is 2. The number of ether oxygens (including phenoxy) is 3. The van der Waals surface area contributed by atoms with Gasteiger partial charge in [-0.1, -0.05) is 49.1 Å². The molecule has 1 atom stereocenters. The van der Waals surface area contributed by atoms with Crippen molar-refractivity contribution >= 4 is 45.6 Å². The molecule has 13 heteroatoms. The van der Waals surface area contributed by atoms with Crippen molar-refractivity contribution in [1.29, 1.82) is 5.26 Å². The molecule has 0 saturated heterocycles. The molecule has 1 aliphatic carbocycles. The third kappa shape index (κ3) is 6.62. The molecule has 45 heavy (non-hydrogen) atoms. The van der Waals surface area contributed by atoms with Crippen LogP contribution in [0.2, 0.25) is 0 Å². The zero-order valence-corrected chi connectivity index (χ0v) is 27.3. The maximum atomic E-state index is 13.8. The van der Waals surface area contributed by atoms with Gasteiger partial charge in [0.2, 0.25) is 11.0 Å². The van der Waals surface area contributed by atoms with Gasteiger partial charge in [-0.2, -0.15) is 5.26 Å². The smallest absolute Gasteiger partial charge is 0.234 e. The molecule has 2 heterocycles. The molecule has 0 saturated carbocycles. The summed E-state index contributed by atoms with van der Waals surface area (Å²) in [5.74, 6) is 1.14. The quantitative estimate of drug-likeness (QED) is 0.264. The second kappa shape index (κ2) is 13.2. The summed E-state index contributed by atoms with van der Waals surface area (Å²) in [4.78, 5) is 28.3. The van der Waals surface area contributed by atoms with E-state index in [1.54, 1.807) is 30.2 Å². The van der Waals surface area contributed by atoms with Gasteiger partial charge in [0.15, 0.2) is 10.1 Å². The standard InChI is InChI=1S/C32H34N6O5S2/c1-6-43-19-9-7-18(8-10-19)27-21(16-33)29(34)38(23-14-32(2,3)15-24(39)28(23)27)30-36-37-31(45-30)44-17-26(40)35-22-13-20(41-4)11-12-25(22)42-5/h7-13,27H,6,14-15,17,34H2,1-5H3,(H,35,40). The average Bonchev–Trinajstić information content (AvgIpc) is 3.48. The third-order valence-corrected chi connectivity index (χ3v) is 9.54. The van der Waals surface area contributed by atoms with Gasteiger partial charge in [-0.3, -0.25) is 14.5 Å². The van der Waals surface area contributed by atoms with Gasteiger partial charge in [-0.25, -0.2) is 0 Å².